The van der Waals surface area contributed by atoms with Crippen LogP contribution in [0.5, 0.6) is 0 Å². The average molecular weight is 384 g/mol. The Morgan fingerprint density at radius 2 is 1.83 bits per heavy atom. The number of aryl methyl sites for hydroxylation is 2. The van der Waals surface area contributed by atoms with Crippen molar-refractivity contribution in [3.63, 3.8) is 0 Å². The van der Waals surface area contributed by atoms with Gasteiger partial charge in [-0.05, 0) is 54.7 Å². The number of nitrogens with one attached hydrogen (secondary N) is 1. The van der Waals surface area contributed by atoms with Crippen molar-refractivity contribution in [3.05, 3.63) is 81.1 Å². The molecule has 2 aromatic carbocycles. The molecule has 0 aliphatic rings. The van der Waals surface area contributed by atoms with Gasteiger partial charge >= 0.3 is 5.97 Å². The minimum Gasteiger partial charge on any atom is -0.477 e. The van der Waals surface area contributed by atoms with Crippen LogP contribution < -0.4 is 0 Å². The highest BCUT2D eigenvalue weighted by atomic mass is 79.9. The topological polar surface area (TPSA) is 53.1 Å². The van der Waals surface area contributed by atoms with Crippen molar-refractivity contribution < 1.29 is 9.90 Å². The molecule has 3 rings (SSSR count). The minimum absolute atomic E-state index is 0.244. The van der Waals surface area contributed by atoms with Crippen LogP contribution in [0, 0.1) is 13.8 Å². The zero-order valence-electron chi connectivity index (χ0n) is 13.6. The molecule has 0 aliphatic heterocycles. The zero-order chi connectivity index (χ0) is 17.3. The first-order valence-electron chi connectivity index (χ1n) is 7.71. The third-order valence-corrected chi connectivity index (χ3v) is 4.66. The number of carbonyl (C=O) groups is 1. The van der Waals surface area contributed by atoms with Crippen LogP contribution in [0.4, 0.5) is 0 Å². The van der Waals surface area contributed by atoms with Gasteiger partial charge in [0, 0.05) is 16.2 Å². The van der Waals surface area contributed by atoms with Crippen LogP contribution in [0.25, 0.3) is 11.1 Å². The summed E-state index contributed by atoms with van der Waals surface area (Å²) in [5.74, 6) is -0.937. The lowest BCUT2D eigenvalue weighted by Crippen LogP contribution is -2.01. The molecule has 0 unspecified atom stereocenters. The number of hydrogen-bond donors (Lipinski definition) is 2. The molecule has 1 aromatic heterocycles. The van der Waals surface area contributed by atoms with Gasteiger partial charge in [-0.3, -0.25) is 0 Å². The molecule has 3 aromatic rings. The van der Waals surface area contributed by atoms with Crippen molar-refractivity contribution in [2.45, 2.75) is 20.3 Å². The van der Waals surface area contributed by atoms with E-state index in [1.807, 2.05) is 31.2 Å². The number of rotatable bonds is 4. The summed E-state index contributed by atoms with van der Waals surface area (Å²) in [5, 5.41) is 9.47. The van der Waals surface area contributed by atoms with Gasteiger partial charge in [-0.25, -0.2) is 4.79 Å². The molecule has 4 heteroatoms. The lowest BCUT2D eigenvalue weighted by atomic mass is 9.92. The molecule has 0 aliphatic carbocycles. The summed E-state index contributed by atoms with van der Waals surface area (Å²) < 4.78 is 1.05. The van der Waals surface area contributed by atoms with E-state index >= 15 is 0 Å². The SMILES string of the molecule is Cc1ccc(-c2c(C)c[nH]c2C(=O)O)c(Cc2ccc(Br)cc2)c1. The Morgan fingerprint density at radius 1 is 1.12 bits per heavy atom. The van der Waals surface area contributed by atoms with Crippen LogP contribution in [-0.2, 0) is 6.42 Å². The molecule has 3 nitrogen and oxygen atoms in total. The number of halogens is 1. The summed E-state index contributed by atoms with van der Waals surface area (Å²) >= 11 is 3.45. The van der Waals surface area contributed by atoms with E-state index in [0.29, 0.717) is 0 Å². The Balaban J connectivity index is 2.11. The van der Waals surface area contributed by atoms with E-state index in [1.54, 1.807) is 6.20 Å². The van der Waals surface area contributed by atoms with E-state index in [0.717, 1.165) is 38.7 Å². The first-order chi connectivity index (χ1) is 11.5. The lowest BCUT2D eigenvalue weighted by molar-refractivity contribution is 0.0692. The van der Waals surface area contributed by atoms with Gasteiger partial charge in [0.1, 0.15) is 5.69 Å². The maximum Gasteiger partial charge on any atom is 0.352 e. The summed E-state index contributed by atoms with van der Waals surface area (Å²) in [6, 6.07) is 14.4. The van der Waals surface area contributed by atoms with Gasteiger partial charge in [-0.15, -0.1) is 0 Å². The quantitative estimate of drug-likeness (QED) is 0.637. The van der Waals surface area contributed by atoms with Crippen molar-refractivity contribution >= 4 is 21.9 Å². The Kier molecular flexibility index (Phi) is 4.58. The summed E-state index contributed by atoms with van der Waals surface area (Å²) in [6.45, 7) is 3.98. The smallest absolute Gasteiger partial charge is 0.352 e. The maximum atomic E-state index is 11.5. The summed E-state index contributed by atoms with van der Waals surface area (Å²) in [7, 11) is 0. The normalized spacial score (nSPS) is 10.8. The average Bonchev–Trinajstić information content (AvgIpc) is 2.92. The van der Waals surface area contributed by atoms with Gasteiger partial charge in [0.2, 0.25) is 0 Å². The van der Waals surface area contributed by atoms with E-state index in [9.17, 15) is 9.90 Å². The molecule has 1 heterocycles. The first-order valence-corrected chi connectivity index (χ1v) is 8.50. The molecule has 0 spiro atoms. The largest absolute Gasteiger partial charge is 0.477 e. The fraction of sp³-hybridized carbons (Fsp3) is 0.150. The number of carboxylic acid groups (broad SMARTS) is 1. The zero-order valence-corrected chi connectivity index (χ0v) is 15.1. The van der Waals surface area contributed by atoms with Gasteiger partial charge in [-0.2, -0.15) is 0 Å². The molecule has 0 amide bonds. The van der Waals surface area contributed by atoms with Gasteiger partial charge < -0.3 is 10.1 Å². The minimum atomic E-state index is -0.937. The van der Waals surface area contributed by atoms with Crippen LogP contribution in [-0.4, -0.2) is 16.1 Å². The fourth-order valence-electron chi connectivity index (χ4n) is 2.97. The molecule has 2 N–H and O–H groups in total. The van der Waals surface area contributed by atoms with E-state index in [2.05, 4.69) is 46.0 Å². The van der Waals surface area contributed by atoms with Crippen LogP contribution in [0.2, 0.25) is 0 Å². The van der Waals surface area contributed by atoms with Crippen molar-refractivity contribution in [1.29, 1.82) is 0 Å². The maximum absolute atomic E-state index is 11.5. The standard InChI is InChI=1S/C20H18BrNO2/c1-12-3-8-17(18-13(2)11-22-19(18)20(23)24)15(9-12)10-14-4-6-16(21)7-5-14/h3-9,11,22H,10H2,1-2H3,(H,23,24). The predicted molar refractivity (Wildman–Crippen MR) is 99.6 cm³/mol. The third kappa shape index (κ3) is 3.29. The summed E-state index contributed by atoms with van der Waals surface area (Å²) in [4.78, 5) is 14.4. The second-order valence-corrected chi connectivity index (χ2v) is 6.91. The van der Waals surface area contributed by atoms with Gasteiger partial charge in [-0.1, -0.05) is 51.8 Å². The Morgan fingerprint density at radius 3 is 2.50 bits per heavy atom. The number of aromatic nitrogens is 1. The Hall–Kier alpha value is -2.33. The number of aromatic carboxylic acids is 1. The van der Waals surface area contributed by atoms with Crippen LogP contribution in [0.3, 0.4) is 0 Å². The van der Waals surface area contributed by atoms with Crippen LogP contribution in [0.15, 0.2) is 53.1 Å². The van der Waals surface area contributed by atoms with Gasteiger partial charge in [0.15, 0.2) is 0 Å². The highest BCUT2D eigenvalue weighted by molar-refractivity contribution is 9.10. The highest BCUT2D eigenvalue weighted by Crippen LogP contribution is 2.32. The molecule has 0 saturated carbocycles. The first kappa shape index (κ1) is 16.5. The molecule has 122 valence electrons. The number of carboxylic acids is 1. The Labute approximate surface area is 149 Å². The van der Waals surface area contributed by atoms with E-state index in [4.69, 9.17) is 0 Å². The highest BCUT2D eigenvalue weighted by Gasteiger charge is 2.19. The number of hydrogen-bond acceptors (Lipinski definition) is 1. The monoisotopic (exact) mass is 383 g/mol. The van der Waals surface area contributed by atoms with Crippen LogP contribution >= 0.6 is 15.9 Å². The molecular weight excluding hydrogens is 366 g/mol. The van der Waals surface area contributed by atoms with Crippen molar-refractivity contribution in [2.75, 3.05) is 0 Å². The predicted octanol–water partition coefficient (Wildman–Crippen LogP) is 5.35. The van der Waals surface area contributed by atoms with Gasteiger partial charge in [0.25, 0.3) is 0 Å². The molecular formula is C20H18BrNO2. The summed E-state index contributed by atoms with van der Waals surface area (Å²) in [5.41, 5.74) is 6.41. The fourth-order valence-corrected chi connectivity index (χ4v) is 3.24. The number of benzene rings is 2. The number of aromatic amines is 1. The molecule has 0 radical (unpaired) electrons. The van der Waals surface area contributed by atoms with E-state index in [-0.39, 0.29) is 5.69 Å². The molecule has 0 saturated heterocycles. The third-order valence-electron chi connectivity index (χ3n) is 4.13. The second-order valence-electron chi connectivity index (χ2n) is 5.99. The summed E-state index contributed by atoms with van der Waals surface area (Å²) in [6.07, 6.45) is 2.51. The van der Waals surface area contributed by atoms with E-state index in [1.165, 1.54) is 5.56 Å². The number of H-pyrrole nitrogens is 1. The Bertz CT molecular complexity index is 895. The molecule has 0 fully saturated rings. The van der Waals surface area contributed by atoms with Crippen LogP contribution in [0.1, 0.15) is 32.7 Å². The van der Waals surface area contributed by atoms with Crippen molar-refractivity contribution in [3.8, 4) is 11.1 Å². The lowest BCUT2D eigenvalue weighted by Gasteiger charge is -2.12. The van der Waals surface area contributed by atoms with E-state index < -0.39 is 5.97 Å². The molecule has 0 bridgehead atoms. The second kappa shape index (κ2) is 6.65. The van der Waals surface area contributed by atoms with Crippen molar-refractivity contribution in [1.82, 2.24) is 4.98 Å². The van der Waals surface area contributed by atoms with Crippen molar-refractivity contribution in [2.24, 2.45) is 0 Å². The molecule has 0 atom stereocenters. The van der Waals surface area contributed by atoms with Gasteiger partial charge in [0.05, 0.1) is 0 Å². The molecule has 24 heavy (non-hydrogen) atoms.